The van der Waals surface area contributed by atoms with Gasteiger partial charge in [-0.1, -0.05) is 35.6 Å². The van der Waals surface area contributed by atoms with Gasteiger partial charge in [-0.05, 0) is 4.08 Å². The van der Waals surface area contributed by atoms with Crippen molar-refractivity contribution in [1.29, 1.82) is 0 Å². The van der Waals surface area contributed by atoms with Crippen LogP contribution in [0.1, 0.15) is 13.3 Å². The summed E-state index contributed by atoms with van der Waals surface area (Å²) in [6.45, 7) is 1.88. The molecule has 0 fully saturated rings. The van der Waals surface area contributed by atoms with Gasteiger partial charge in [-0.15, -0.1) is 0 Å². The third kappa shape index (κ3) is 4.00. The van der Waals surface area contributed by atoms with Crippen LogP contribution in [0.4, 0.5) is 0 Å². The maximum absolute atomic E-state index is 9.94. The lowest BCUT2D eigenvalue weighted by atomic mass is 10.0. The average molecular weight is 254 g/mol. The summed E-state index contributed by atoms with van der Waals surface area (Å²) in [5, 5.41) is 9.16. The van der Waals surface area contributed by atoms with E-state index < -0.39 is 6.10 Å². The van der Waals surface area contributed by atoms with Crippen molar-refractivity contribution < 1.29 is 9.90 Å². The summed E-state index contributed by atoms with van der Waals surface area (Å²) in [5.41, 5.74) is 0. The molecule has 0 aromatic carbocycles. The molecule has 0 aliphatic rings. The van der Waals surface area contributed by atoms with Gasteiger partial charge in [0, 0.05) is 12.3 Å². The summed E-state index contributed by atoms with van der Waals surface area (Å²) in [7, 11) is 0. The molecule has 0 aromatic rings. The van der Waals surface area contributed by atoms with Crippen molar-refractivity contribution in [2.24, 2.45) is 5.92 Å². The fourth-order valence-corrected chi connectivity index (χ4v) is 1.21. The average Bonchev–Trinajstić information content (AvgIpc) is 1.89. The van der Waals surface area contributed by atoms with Crippen molar-refractivity contribution in [3.63, 3.8) is 0 Å². The van der Waals surface area contributed by atoms with E-state index in [1.165, 1.54) is 0 Å². The van der Waals surface area contributed by atoms with E-state index in [4.69, 9.17) is 5.11 Å². The highest BCUT2D eigenvalue weighted by Gasteiger charge is 2.08. The van der Waals surface area contributed by atoms with Crippen molar-refractivity contribution in [2.75, 3.05) is 0 Å². The lowest BCUT2D eigenvalue weighted by Gasteiger charge is -2.10. The quantitative estimate of drug-likeness (QED) is 0.610. The van der Waals surface area contributed by atoms with Crippen LogP contribution in [-0.4, -0.2) is 17.5 Å². The monoisotopic (exact) mass is 254 g/mol. The van der Waals surface area contributed by atoms with Crippen molar-refractivity contribution in [1.82, 2.24) is 0 Å². The maximum atomic E-state index is 9.94. The fourth-order valence-electron chi connectivity index (χ4n) is 0.556. The highest BCUT2D eigenvalue weighted by atomic mass is 127. The zero-order chi connectivity index (χ0) is 7.98. The molecule has 1 N–H and O–H groups in total. The molecule has 0 rings (SSSR count). The van der Waals surface area contributed by atoms with Crippen LogP contribution in [0.2, 0.25) is 0 Å². The Morgan fingerprint density at radius 2 is 2.30 bits per heavy atom. The Hall–Kier alpha value is 0.100. The minimum atomic E-state index is -0.525. The van der Waals surface area contributed by atoms with Crippen LogP contribution in [0.3, 0.4) is 0 Å². The SMILES string of the molecule is C[C@@H](/C=C/I)[C@@H](O)CC=O. The zero-order valence-corrected chi connectivity index (χ0v) is 7.98. The van der Waals surface area contributed by atoms with Gasteiger partial charge >= 0.3 is 0 Å². The number of hydrogen-bond acceptors (Lipinski definition) is 2. The highest BCUT2D eigenvalue weighted by molar-refractivity contribution is 14.1. The number of aliphatic hydroxyl groups is 1. The fraction of sp³-hybridized carbons (Fsp3) is 0.571. The molecular weight excluding hydrogens is 243 g/mol. The molecule has 3 heteroatoms. The van der Waals surface area contributed by atoms with Crippen LogP contribution >= 0.6 is 22.6 Å². The molecule has 0 aliphatic heterocycles. The van der Waals surface area contributed by atoms with Gasteiger partial charge in [0.2, 0.25) is 0 Å². The molecule has 2 nitrogen and oxygen atoms in total. The Bertz CT molecular complexity index is 123. The minimum Gasteiger partial charge on any atom is -0.392 e. The van der Waals surface area contributed by atoms with Crippen molar-refractivity contribution in [3.8, 4) is 0 Å². The molecule has 2 atom stereocenters. The molecule has 0 saturated heterocycles. The molecule has 10 heavy (non-hydrogen) atoms. The summed E-state index contributed by atoms with van der Waals surface area (Å²) in [4.78, 5) is 9.94. The molecular formula is C7H11IO2. The van der Waals surface area contributed by atoms with Crippen LogP contribution in [0.15, 0.2) is 10.2 Å². The Morgan fingerprint density at radius 3 is 2.70 bits per heavy atom. The smallest absolute Gasteiger partial charge is 0.122 e. The molecule has 0 unspecified atom stereocenters. The summed E-state index contributed by atoms with van der Waals surface area (Å²) < 4.78 is 1.84. The summed E-state index contributed by atoms with van der Waals surface area (Å²) in [5.74, 6) is 0.0714. The van der Waals surface area contributed by atoms with E-state index in [1.807, 2.05) is 17.1 Å². The maximum Gasteiger partial charge on any atom is 0.122 e. The van der Waals surface area contributed by atoms with Crippen LogP contribution in [-0.2, 0) is 4.79 Å². The Morgan fingerprint density at radius 1 is 1.70 bits per heavy atom. The third-order valence-electron chi connectivity index (χ3n) is 1.32. The molecule has 0 bridgehead atoms. The number of carbonyl (C=O) groups is 1. The van der Waals surface area contributed by atoms with Gasteiger partial charge in [0.05, 0.1) is 6.10 Å². The predicted octanol–water partition coefficient (Wildman–Crippen LogP) is 1.52. The molecule has 0 aromatic heterocycles. The van der Waals surface area contributed by atoms with Crippen LogP contribution in [0.5, 0.6) is 0 Å². The van der Waals surface area contributed by atoms with Gasteiger partial charge in [-0.3, -0.25) is 0 Å². The normalized spacial score (nSPS) is 17.1. The summed E-state index contributed by atoms with van der Waals surface area (Å²) in [6.07, 6.45) is 2.31. The van der Waals surface area contributed by atoms with Crippen molar-refractivity contribution in [2.45, 2.75) is 19.4 Å². The number of hydrogen-bond donors (Lipinski definition) is 1. The molecule has 0 saturated carbocycles. The standard InChI is InChI=1S/C7H11IO2/c1-6(2-4-8)7(10)3-5-9/h2,4-7,10H,3H2,1H3/b4-2+/t6-,7-/m0/s1. The van der Waals surface area contributed by atoms with Crippen LogP contribution in [0.25, 0.3) is 0 Å². The van der Waals surface area contributed by atoms with Gasteiger partial charge in [0.25, 0.3) is 0 Å². The molecule has 0 spiro atoms. The van der Waals surface area contributed by atoms with Crippen LogP contribution < -0.4 is 0 Å². The first-order valence-electron chi connectivity index (χ1n) is 3.11. The first-order chi connectivity index (χ1) is 4.72. The number of carbonyl (C=O) groups excluding carboxylic acids is 1. The second-order valence-corrected chi connectivity index (χ2v) is 2.87. The van der Waals surface area contributed by atoms with E-state index in [-0.39, 0.29) is 12.3 Å². The molecule has 58 valence electrons. The lowest BCUT2D eigenvalue weighted by Crippen LogP contribution is -2.15. The van der Waals surface area contributed by atoms with E-state index in [0.717, 1.165) is 6.29 Å². The Labute approximate surface area is 74.5 Å². The molecule has 0 amide bonds. The second kappa shape index (κ2) is 5.85. The van der Waals surface area contributed by atoms with Crippen molar-refractivity contribution in [3.05, 3.63) is 10.2 Å². The van der Waals surface area contributed by atoms with Gasteiger partial charge in [-0.25, -0.2) is 0 Å². The van der Waals surface area contributed by atoms with Gasteiger partial charge in [-0.2, -0.15) is 0 Å². The minimum absolute atomic E-state index is 0.0714. The van der Waals surface area contributed by atoms with E-state index in [2.05, 4.69) is 22.6 Å². The second-order valence-electron chi connectivity index (χ2n) is 2.15. The number of aldehydes is 1. The summed E-state index contributed by atoms with van der Waals surface area (Å²) in [6, 6.07) is 0. The lowest BCUT2D eigenvalue weighted by molar-refractivity contribution is -0.109. The third-order valence-corrected chi connectivity index (χ3v) is 1.74. The number of rotatable bonds is 4. The largest absolute Gasteiger partial charge is 0.392 e. The first-order valence-corrected chi connectivity index (χ1v) is 4.35. The van der Waals surface area contributed by atoms with E-state index >= 15 is 0 Å². The van der Waals surface area contributed by atoms with Gasteiger partial charge in [0.15, 0.2) is 0 Å². The van der Waals surface area contributed by atoms with Crippen LogP contribution in [0, 0.1) is 5.92 Å². The van der Waals surface area contributed by atoms with Gasteiger partial charge < -0.3 is 9.90 Å². The van der Waals surface area contributed by atoms with E-state index in [0.29, 0.717) is 0 Å². The zero-order valence-electron chi connectivity index (χ0n) is 5.83. The summed E-state index contributed by atoms with van der Waals surface area (Å²) >= 11 is 2.08. The number of halogens is 1. The first kappa shape index (κ1) is 10.1. The molecule has 0 aliphatic carbocycles. The number of aliphatic hydroxyl groups excluding tert-OH is 1. The van der Waals surface area contributed by atoms with Gasteiger partial charge in [0.1, 0.15) is 6.29 Å². The Balaban J connectivity index is 3.68. The predicted molar refractivity (Wildman–Crippen MR) is 49.0 cm³/mol. The van der Waals surface area contributed by atoms with Crippen molar-refractivity contribution >= 4 is 28.9 Å². The Kier molecular flexibility index (Phi) is 5.91. The van der Waals surface area contributed by atoms with E-state index in [9.17, 15) is 4.79 Å². The molecule has 0 radical (unpaired) electrons. The topological polar surface area (TPSA) is 37.3 Å². The highest BCUT2D eigenvalue weighted by Crippen LogP contribution is 2.07. The molecule has 0 heterocycles. The van der Waals surface area contributed by atoms with E-state index in [1.54, 1.807) is 0 Å².